The number of aryl methyl sites for hydroxylation is 4. The molecular formula is C20H27N. The maximum atomic E-state index is 5.92. The third kappa shape index (κ3) is 4.18. The van der Waals surface area contributed by atoms with Crippen molar-refractivity contribution in [3.05, 3.63) is 69.3 Å². The normalized spacial score (nSPS) is 12.5. The standard InChI is InChI=1S/C20H27N/c1-13-6-14(2)8-18(7-13)12-20-15(3)9-19(10-16(20)4)11-17(5)21/h6-10,17H,11-12,21H2,1-5H3/t17-/m0/s1. The van der Waals surface area contributed by atoms with Gasteiger partial charge in [-0.1, -0.05) is 41.5 Å². The molecule has 0 saturated heterocycles. The SMILES string of the molecule is Cc1cc(C)cc(Cc2c(C)cc(C[C@H](C)N)cc2C)c1. The molecule has 2 rings (SSSR count). The van der Waals surface area contributed by atoms with Gasteiger partial charge in [0.2, 0.25) is 0 Å². The van der Waals surface area contributed by atoms with Crippen LogP contribution in [0, 0.1) is 27.7 Å². The Balaban J connectivity index is 2.31. The molecule has 0 amide bonds. The highest BCUT2D eigenvalue weighted by atomic mass is 14.6. The summed E-state index contributed by atoms with van der Waals surface area (Å²) in [5, 5.41) is 0. The van der Waals surface area contributed by atoms with Crippen molar-refractivity contribution in [1.82, 2.24) is 0 Å². The van der Waals surface area contributed by atoms with Gasteiger partial charge in [-0.3, -0.25) is 0 Å². The molecule has 0 saturated carbocycles. The fourth-order valence-corrected chi connectivity index (χ4v) is 3.23. The van der Waals surface area contributed by atoms with Gasteiger partial charge in [-0.25, -0.2) is 0 Å². The second kappa shape index (κ2) is 6.44. The second-order valence-electron chi connectivity index (χ2n) is 6.56. The van der Waals surface area contributed by atoms with Crippen LogP contribution in [-0.2, 0) is 12.8 Å². The Morgan fingerprint density at radius 2 is 1.33 bits per heavy atom. The monoisotopic (exact) mass is 281 g/mol. The van der Waals surface area contributed by atoms with E-state index in [4.69, 9.17) is 5.73 Å². The Labute approximate surface area is 129 Å². The summed E-state index contributed by atoms with van der Waals surface area (Å²) in [7, 11) is 0. The Kier molecular flexibility index (Phi) is 4.84. The van der Waals surface area contributed by atoms with Crippen LogP contribution in [-0.4, -0.2) is 6.04 Å². The molecule has 2 N–H and O–H groups in total. The van der Waals surface area contributed by atoms with E-state index < -0.39 is 0 Å². The average molecular weight is 281 g/mol. The minimum absolute atomic E-state index is 0.217. The van der Waals surface area contributed by atoms with Gasteiger partial charge < -0.3 is 5.73 Å². The first-order valence-corrected chi connectivity index (χ1v) is 7.77. The van der Waals surface area contributed by atoms with Crippen LogP contribution in [0.1, 0.15) is 45.9 Å². The lowest BCUT2D eigenvalue weighted by Gasteiger charge is -2.15. The van der Waals surface area contributed by atoms with E-state index in [1.54, 1.807) is 0 Å². The van der Waals surface area contributed by atoms with E-state index in [9.17, 15) is 0 Å². The van der Waals surface area contributed by atoms with Gasteiger partial charge in [-0.05, 0) is 75.3 Å². The maximum Gasteiger partial charge on any atom is 0.00509 e. The van der Waals surface area contributed by atoms with Crippen LogP contribution < -0.4 is 5.73 Å². The third-order valence-corrected chi connectivity index (χ3v) is 3.98. The summed E-state index contributed by atoms with van der Waals surface area (Å²) in [4.78, 5) is 0. The molecule has 0 radical (unpaired) electrons. The molecule has 0 unspecified atom stereocenters. The van der Waals surface area contributed by atoms with Crippen molar-refractivity contribution in [1.29, 1.82) is 0 Å². The zero-order valence-electron chi connectivity index (χ0n) is 14.0. The van der Waals surface area contributed by atoms with Crippen LogP contribution in [0.5, 0.6) is 0 Å². The predicted octanol–water partition coefficient (Wildman–Crippen LogP) is 4.40. The van der Waals surface area contributed by atoms with E-state index >= 15 is 0 Å². The zero-order chi connectivity index (χ0) is 15.6. The van der Waals surface area contributed by atoms with Gasteiger partial charge in [-0.15, -0.1) is 0 Å². The lowest BCUT2D eigenvalue weighted by atomic mass is 9.91. The minimum Gasteiger partial charge on any atom is -0.328 e. The first-order valence-electron chi connectivity index (χ1n) is 7.77. The van der Waals surface area contributed by atoms with Crippen LogP contribution in [0.4, 0.5) is 0 Å². The number of hydrogen-bond acceptors (Lipinski definition) is 1. The van der Waals surface area contributed by atoms with Gasteiger partial charge in [0.05, 0.1) is 0 Å². The van der Waals surface area contributed by atoms with Crippen molar-refractivity contribution < 1.29 is 0 Å². The zero-order valence-corrected chi connectivity index (χ0v) is 14.0. The van der Waals surface area contributed by atoms with E-state index in [1.807, 2.05) is 0 Å². The minimum atomic E-state index is 0.217. The van der Waals surface area contributed by atoms with Gasteiger partial charge in [0.25, 0.3) is 0 Å². The molecule has 21 heavy (non-hydrogen) atoms. The lowest BCUT2D eigenvalue weighted by molar-refractivity contribution is 0.736. The fraction of sp³-hybridized carbons (Fsp3) is 0.400. The Morgan fingerprint density at radius 1 is 0.810 bits per heavy atom. The molecule has 2 aromatic rings. The summed E-state index contributed by atoms with van der Waals surface area (Å²) in [6, 6.07) is 11.6. The van der Waals surface area contributed by atoms with Gasteiger partial charge in [0.15, 0.2) is 0 Å². The van der Waals surface area contributed by atoms with Crippen LogP contribution in [0.25, 0.3) is 0 Å². The molecule has 0 spiro atoms. The molecule has 1 heteroatoms. The van der Waals surface area contributed by atoms with Crippen molar-refractivity contribution in [3.8, 4) is 0 Å². The number of nitrogens with two attached hydrogens (primary N) is 1. The van der Waals surface area contributed by atoms with Gasteiger partial charge in [0.1, 0.15) is 0 Å². The summed E-state index contributed by atoms with van der Waals surface area (Å²) in [5.74, 6) is 0. The van der Waals surface area contributed by atoms with Crippen molar-refractivity contribution in [2.75, 3.05) is 0 Å². The number of rotatable bonds is 4. The Bertz CT molecular complexity index is 595. The lowest BCUT2D eigenvalue weighted by Crippen LogP contribution is -2.18. The molecule has 0 aromatic heterocycles. The van der Waals surface area contributed by atoms with Crippen molar-refractivity contribution in [3.63, 3.8) is 0 Å². The summed E-state index contributed by atoms with van der Waals surface area (Å²) >= 11 is 0. The summed E-state index contributed by atoms with van der Waals surface area (Å²) < 4.78 is 0. The molecule has 0 bridgehead atoms. The van der Waals surface area contributed by atoms with Crippen molar-refractivity contribution >= 4 is 0 Å². The van der Waals surface area contributed by atoms with E-state index in [2.05, 4.69) is 65.0 Å². The molecule has 112 valence electrons. The number of benzene rings is 2. The van der Waals surface area contributed by atoms with Crippen LogP contribution in [0.15, 0.2) is 30.3 Å². The molecule has 2 aromatic carbocycles. The van der Waals surface area contributed by atoms with E-state index in [-0.39, 0.29) is 6.04 Å². The first kappa shape index (κ1) is 15.8. The highest BCUT2D eigenvalue weighted by Crippen LogP contribution is 2.22. The molecule has 0 aliphatic heterocycles. The molecule has 0 aliphatic carbocycles. The van der Waals surface area contributed by atoms with Gasteiger partial charge in [0, 0.05) is 6.04 Å². The van der Waals surface area contributed by atoms with Crippen molar-refractivity contribution in [2.24, 2.45) is 5.73 Å². The summed E-state index contributed by atoms with van der Waals surface area (Å²) in [6.07, 6.45) is 1.96. The molecule has 1 nitrogen and oxygen atoms in total. The topological polar surface area (TPSA) is 26.0 Å². The average Bonchev–Trinajstić information content (AvgIpc) is 2.31. The van der Waals surface area contributed by atoms with E-state index in [0.717, 1.165) is 12.8 Å². The van der Waals surface area contributed by atoms with Gasteiger partial charge in [-0.2, -0.15) is 0 Å². The molecular weight excluding hydrogens is 254 g/mol. The molecule has 1 atom stereocenters. The second-order valence-corrected chi connectivity index (χ2v) is 6.56. The van der Waals surface area contributed by atoms with Crippen LogP contribution >= 0.6 is 0 Å². The Morgan fingerprint density at radius 3 is 1.81 bits per heavy atom. The molecule has 0 aliphatic rings. The third-order valence-electron chi connectivity index (χ3n) is 3.98. The number of hydrogen-bond donors (Lipinski definition) is 1. The smallest absolute Gasteiger partial charge is 0.00509 e. The van der Waals surface area contributed by atoms with E-state index in [0.29, 0.717) is 0 Å². The van der Waals surface area contributed by atoms with E-state index in [1.165, 1.54) is 38.9 Å². The van der Waals surface area contributed by atoms with Crippen LogP contribution in [0.2, 0.25) is 0 Å². The summed E-state index contributed by atoms with van der Waals surface area (Å²) in [6.45, 7) is 10.8. The maximum absolute atomic E-state index is 5.92. The highest BCUT2D eigenvalue weighted by molar-refractivity contribution is 5.42. The first-order chi connectivity index (χ1) is 9.85. The van der Waals surface area contributed by atoms with Crippen molar-refractivity contribution in [2.45, 2.75) is 53.5 Å². The Hall–Kier alpha value is -1.60. The quantitative estimate of drug-likeness (QED) is 0.883. The molecule has 0 fully saturated rings. The van der Waals surface area contributed by atoms with Crippen LogP contribution in [0.3, 0.4) is 0 Å². The predicted molar refractivity (Wildman–Crippen MR) is 92.0 cm³/mol. The largest absolute Gasteiger partial charge is 0.328 e. The highest BCUT2D eigenvalue weighted by Gasteiger charge is 2.08. The van der Waals surface area contributed by atoms with Gasteiger partial charge >= 0.3 is 0 Å². The summed E-state index contributed by atoms with van der Waals surface area (Å²) in [5.41, 5.74) is 15.6. The molecule has 0 heterocycles. The fourth-order valence-electron chi connectivity index (χ4n) is 3.23.